The Kier molecular flexibility index (Phi) is 3.38. The second-order valence-corrected chi connectivity index (χ2v) is 9.40. The highest BCUT2D eigenvalue weighted by Crippen LogP contribution is 2.28. The molecule has 2 heterocycles. The Labute approximate surface area is 112 Å². The van der Waals surface area contributed by atoms with Crippen molar-refractivity contribution in [3.8, 4) is 0 Å². The minimum absolute atomic E-state index is 0.0106. The highest BCUT2D eigenvalue weighted by Gasteiger charge is 2.32. The number of aromatic nitrogens is 2. The molecule has 1 aromatic rings. The van der Waals surface area contributed by atoms with Gasteiger partial charge in [0.25, 0.3) is 0 Å². The lowest BCUT2D eigenvalue weighted by atomic mass is 10.2. The van der Waals surface area contributed by atoms with Crippen LogP contribution in [0.1, 0.15) is 23.7 Å². The van der Waals surface area contributed by atoms with E-state index in [1.165, 1.54) is 4.68 Å². The minimum Gasteiger partial charge on any atom is -0.384 e. The maximum absolute atomic E-state index is 11.5. The van der Waals surface area contributed by atoms with Gasteiger partial charge in [0.05, 0.1) is 29.0 Å². The SMILES string of the molecule is Cc1c(CS(C)(=O)=O)nn(C2CCS(=O)(=O)C2)c1N. The summed E-state index contributed by atoms with van der Waals surface area (Å²) >= 11 is 0. The van der Waals surface area contributed by atoms with Gasteiger partial charge in [-0.25, -0.2) is 21.5 Å². The molecular formula is C10H17N3O4S2. The standard InChI is InChI=1S/C10H17N3O4S2/c1-7-9(6-18(2,14)15)12-13(10(7)11)8-3-4-19(16,17)5-8/h8H,3-6,11H2,1-2H3. The zero-order valence-electron chi connectivity index (χ0n) is 10.8. The van der Waals surface area contributed by atoms with Crippen molar-refractivity contribution in [3.63, 3.8) is 0 Å². The predicted octanol–water partition coefficient (Wildman–Crippen LogP) is -0.322. The fraction of sp³-hybridized carbons (Fsp3) is 0.700. The van der Waals surface area contributed by atoms with Crippen molar-refractivity contribution in [2.75, 3.05) is 23.5 Å². The summed E-state index contributed by atoms with van der Waals surface area (Å²) in [4.78, 5) is 0. The first-order valence-electron chi connectivity index (χ1n) is 5.81. The highest BCUT2D eigenvalue weighted by atomic mass is 32.2. The van der Waals surface area contributed by atoms with Crippen LogP contribution in [0.3, 0.4) is 0 Å². The van der Waals surface area contributed by atoms with Gasteiger partial charge in [-0.05, 0) is 13.3 Å². The molecule has 19 heavy (non-hydrogen) atoms. The van der Waals surface area contributed by atoms with E-state index in [1.54, 1.807) is 6.92 Å². The van der Waals surface area contributed by atoms with Crippen LogP contribution >= 0.6 is 0 Å². The smallest absolute Gasteiger partial charge is 0.153 e. The van der Waals surface area contributed by atoms with Crippen LogP contribution in [0.25, 0.3) is 0 Å². The summed E-state index contributed by atoms with van der Waals surface area (Å²) in [7, 11) is -6.23. The van der Waals surface area contributed by atoms with Gasteiger partial charge in [0.1, 0.15) is 5.82 Å². The average molecular weight is 307 g/mol. The minimum atomic E-state index is -3.20. The first-order chi connectivity index (χ1) is 8.59. The van der Waals surface area contributed by atoms with Crippen LogP contribution in [0.2, 0.25) is 0 Å². The Balaban J connectivity index is 2.36. The Hall–Kier alpha value is -1.09. The van der Waals surface area contributed by atoms with Crippen LogP contribution in [0.5, 0.6) is 0 Å². The molecule has 0 aromatic carbocycles. The third-order valence-electron chi connectivity index (χ3n) is 3.25. The zero-order valence-corrected chi connectivity index (χ0v) is 12.5. The fourth-order valence-electron chi connectivity index (χ4n) is 2.21. The molecule has 0 bridgehead atoms. The number of nitrogens with two attached hydrogens (primary N) is 1. The lowest BCUT2D eigenvalue weighted by molar-refractivity contribution is 0.503. The van der Waals surface area contributed by atoms with E-state index in [0.717, 1.165) is 6.26 Å². The fourth-order valence-corrected chi connectivity index (χ4v) is 4.67. The molecule has 1 aliphatic rings. The maximum Gasteiger partial charge on any atom is 0.153 e. The largest absolute Gasteiger partial charge is 0.384 e. The Morgan fingerprint density at radius 2 is 2.11 bits per heavy atom. The number of hydrogen-bond acceptors (Lipinski definition) is 6. The average Bonchev–Trinajstić information content (AvgIpc) is 2.71. The normalized spacial score (nSPS) is 22.7. The van der Waals surface area contributed by atoms with Gasteiger partial charge in [0.2, 0.25) is 0 Å². The molecule has 7 nitrogen and oxygen atoms in total. The molecule has 2 rings (SSSR count). The molecule has 0 saturated carbocycles. The molecule has 1 fully saturated rings. The molecule has 0 aliphatic carbocycles. The van der Waals surface area contributed by atoms with Crippen LogP contribution in [0.15, 0.2) is 0 Å². The highest BCUT2D eigenvalue weighted by molar-refractivity contribution is 7.91. The number of nitrogens with zero attached hydrogens (tertiary/aromatic N) is 2. The van der Waals surface area contributed by atoms with E-state index < -0.39 is 19.7 Å². The third-order valence-corrected chi connectivity index (χ3v) is 5.79. The van der Waals surface area contributed by atoms with Crippen molar-refractivity contribution in [1.82, 2.24) is 9.78 Å². The topological polar surface area (TPSA) is 112 Å². The molecule has 1 saturated heterocycles. The number of anilines is 1. The van der Waals surface area contributed by atoms with Gasteiger partial charge in [0.15, 0.2) is 19.7 Å². The van der Waals surface area contributed by atoms with Gasteiger partial charge in [-0.2, -0.15) is 5.10 Å². The molecule has 1 aliphatic heterocycles. The van der Waals surface area contributed by atoms with Crippen molar-refractivity contribution < 1.29 is 16.8 Å². The van der Waals surface area contributed by atoms with Gasteiger partial charge in [-0.15, -0.1) is 0 Å². The summed E-state index contributed by atoms with van der Waals surface area (Å²) in [6.45, 7) is 1.70. The van der Waals surface area contributed by atoms with Crippen LogP contribution in [-0.4, -0.2) is 44.4 Å². The molecule has 0 spiro atoms. The van der Waals surface area contributed by atoms with E-state index in [4.69, 9.17) is 5.73 Å². The zero-order chi connectivity index (χ0) is 14.4. The summed E-state index contributed by atoms with van der Waals surface area (Å²) in [5.74, 6) is 0.296. The van der Waals surface area contributed by atoms with Crippen LogP contribution in [0.4, 0.5) is 5.82 Å². The van der Waals surface area contributed by atoms with Crippen molar-refractivity contribution in [3.05, 3.63) is 11.3 Å². The molecule has 1 unspecified atom stereocenters. The number of rotatable bonds is 3. The van der Waals surface area contributed by atoms with E-state index in [9.17, 15) is 16.8 Å². The Morgan fingerprint density at radius 3 is 2.58 bits per heavy atom. The van der Waals surface area contributed by atoms with E-state index in [-0.39, 0.29) is 23.3 Å². The predicted molar refractivity (Wildman–Crippen MR) is 72.2 cm³/mol. The van der Waals surface area contributed by atoms with Crippen molar-refractivity contribution in [2.45, 2.75) is 25.1 Å². The summed E-state index contributed by atoms with van der Waals surface area (Å²) < 4.78 is 47.0. The van der Waals surface area contributed by atoms with E-state index in [1.807, 2.05) is 0 Å². The van der Waals surface area contributed by atoms with E-state index in [0.29, 0.717) is 23.5 Å². The number of sulfone groups is 2. The maximum atomic E-state index is 11.5. The molecule has 2 N–H and O–H groups in total. The molecule has 1 aromatic heterocycles. The quantitative estimate of drug-likeness (QED) is 0.819. The van der Waals surface area contributed by atoms with Gasteiger partial charge in [0, 0.05) is 11.8 Å². The molecule has 1 atom stereocenters. The van der Waals surface area contributed by atoms with Crippen LogP contribution < -0.4 is 5.73 Å². The van der Waals surface area contributed by atoms with Crippen molar-refractivity contribution >= 4 is 25.5 Å². The van der Waals surface area contributed by atoms with Crippen LogP contribution in [-0.2, 0) is 25.4 Å². The Morgan fingerprint density at radius 1 is 1.47 bits per heavy atom. The van der Waals surface area contributed by atoms with Crippen molar-refractivity contribution in [2.24, 2.45) is 0 Å². The summed E-state index contributed by atoms with van der Waals surface area (Å²) in [6.07, 6.45) is 1.59. The Bertz CT molecular complexity index is 703. The summed E-state index contributed by atoms with van der Waals surface area (Å²) in [5.41, 5.74) is 6.90. The third kappa shape index (κ3) is 3.08. The van der Waals surface area contributed by atoms with Gasteiger partial charge in [-0.1, -0.05) is 0 Å². The molecule has 9 heteroatoms. The second-order valence-electron chi connectivity index (χ2n) is 5.03. The number of hydrogen-bond donors (Lipinski definition) is 1. The molecule has 0 amide bonds. The molecular weight excluding hydrogens is 290 g/mol. The molecule has 108 valence electrons. The lowest BCUT2D eigenvalue weighted by Crippen LogP contribution is -2.15. The van der Waals surface area contributed by atoms with Gasteiger partial charge in [-0.3, -0.25) is 0 Å². The lowest BCUT2D eigenvalue weighted by Gasteiger charge is -2.10. The van der Waals surface area contributed by atoms with Gasteiger partial charge >= 0.3 is 0 Å². The summed E-state index contributed by atoms with van der Waals surface area (Å²) in [5, 5.41) is 4.19. The monoisotopic (exact) mass is 307 g/mol. The first-order valence-corrected chi connectivity index (χ1v) is 9.69. The number of nitrogen functional groups attached to an aromatic ring is 1. The van der Waals surface area contributed by atoms with Crippen molar-refractivity contribution in [1.29, 1.82) is 0 Å². The van der Waals surface area contributed by atoms with Crippen LogP contribution in [0, 0.1) is 6.92 Å². The second kappa shape index (κ2) is 4.48. The van der Waals surface area contributed by atoms with E-state index >= 15 is 0 Å². The summed E-state index contributed by atoms with van der Waals surface area (Å²) in [6, 6.07) is -0.294. The molecule has 0 radical (unpaired) electrons. The first kappa shape index (κ1) is 14.3. The van der Waals surface area contributed by atoms with E-state index in [2.05, 4.69) is 5.10 Å². The van der Waals surface area contributed by atoms with Gasteiger partial charge < -0.3 is 5.73 Å².